The molecule has 104 valence electrons. The van der Waals surface area contributed by atoms with Gasteiger partial charge in [0.15, 0.2) is 5.41 Å². The van der Waals surface area contributed by atoms with E-state index in [4.69, 9.17) is 9.47 Å². The summed E-state index contributed by atoms with van der Waals surface area (Å²) in [5, 5.41) is 0. The Morgan fingerprint density at radius 2 is 1.50 bits per heavy atom. The number of rotatable bonds is 8. The summed E-state index contributed by atoms with van der Waals surface area (Å²) in [6, 6.07) is 0. The lowest BCUT2D eigenvalue weighted by Gasteiger charge is -2.25. The van der Waals surface area contributed by atoms with Crippen molar-refractivity contribution in [3.63, 3.8) is 0 Å². The van der Waals surface area contributed by atoms with Crippen molar-refractivity contribution in [3.05, 3.63) is 12.2 Å². The first-order valence-electron chi connectivity index (χ1n) is 6.61. The van der Waals surface area contributed by atoms with Crippen LogP contribution in [0.2, 0.25) is 0 Å². The van der Waals surface area contributed by atoms with E-state index in [-0.39, 0.29) is 13.2 Å². The molecular formula is C14H24O4. The van der Waals surface area contributed by atoms with Gasteiger partial charge in [-0.05, 0) is 26.7 Å². The van der Waals surface area contributed by atoms with E-state index in [9.17, 15) is 9.59 Å². The summed E-state index contributed by atoms with van der Waals surface area (Å²) in [4.78, 5) is 24.2. The topological polar surface area (TPSA) is 52.6 Å². The molecular weight excluding hydrogens is 232 g/mol. The molecule has 0 aliphatic carbocycles. The van der Waals surface area contributed by atoms with E-state index in [1.54, 1.807) is 19.9 Å². The van der Waals surface area contributed by atoms with Crippen molar-refractivity contribution < 1.29 is 19.1 Å². The van der Waals surface area contributed by atoms with Crippen molar-refractivity contribution in [2.45, 2.75) is 47.0 Å². The third kappa shape index (κ3) is 4.17. The highest BCUT2D eigenvalue weighted by atomic mass is 16.6. The largest absolute Gasteiger partial charge is 0.465 e. The smallest absolute Gasteiger partial charge is 0.327 e. The number of hydrogen-bond acceptors (Lipinski definition) is 4. The molecule has 0 saturated carbocycles. The van der Waals surface area contributed by atoms with Crippen molar-refractivity contribution in [3.8, 4) is 0 Å². The number of carbonyl (C=O) groups excluding carboxylic acids is 2. The van der Waals surface area contributed by atoms with Crippen molar-refractivity contribution in [2.24, 2.45) is 5.41 Å². The van der Waals surface area contributed by atoms with Crippen LogP contribution in [0.5, 0.6) is 0 Å². The SMILES string of the molecule is CCC=CC(CCC)(C(=O)OCC)C(=O)OCC. The minimum atomic E-state index is -1.28. The van der Waals surface area contributed by atoms with Crippen LogP contribution in [0.25, 0.3) is 0 Å². The minimum Gasteiger partial charge on any atom is -0.465 e. The van der Waals surface area contributed by atoms with Crippen LogP contribution in [0.3, 0.4) is 0 Å². The average Bonchev–Trinajstić information content (AvgIpc) is 2.35. The second-order valence-corrected chi connectivity index (χ2v) is 3.97. The fraction of sp³-hybridized carbons (Fsp3) is 0.714. The van der Waals surface area contributed by atoms with Crippen molar-refractivity contribution in [2.75, 3.05) is 13.2 Å². The number of allylic oxidation sites excluding steroid dienone is 1. The molecule has 18 heavy (non-hydrogen) atoms. The lowest BCUT2D eigenvalue weighted by Crippen LogP contribution is -2.40. The second-order valence-electron chi connectivity index (χ2n) is 3.97. The fourth-order valence-corrected chi connectivity index (χ4v) is 1.74. The van der Waals surface area contributed by atoms with Crippen molar-refractivity contribution >= 4 is 11.9 Å². The Hall–Kier alpha value is -1.32. The zero-order valence-corrected chi connectivity index (χ0v) is 11.8. The van der Waals surface area contributed by atoms with Gasteiger partial charge in [-0.2, -0.15) is 0 Å². The molecule has 0 rings (SSSR count). The molecule has 0 aromatic carbocycles. The Morgan fingerprint density at radius 1 is 1.00 bits per heavy atom. The summed E-state index contributed by atoms with van der Waals surface area (Å²) in [6.45, 7) is 7.83. The van der Waals surface area contributed by atoms with Gasteiger partial charge in [0.1, 0.15) is 0 Å². The zero-order valence-electron chi connectivity index (χ0n) is 11.8. The summed E-state index contributed by atoms with van der Waals surface area (Å²) in [5.41, 5.74) is -1.28. The van der Waals surface area contributed by atoms with Gasteiger partial charge in [0, 0.05) is 0 Å². The molecule has 0 saturated heterocycles. The van der Waals surface area contributed by atoms with Gasteiger partial charge >= 0.3 is 11.9 Å². The summed E-state index contributed by atoms with van der Waals surface area (Å²) >= 11 is 0. The van der Waals surface area contributed by atoms with Gasteiger partial charge in [0.25, 0.3) is 0 Å². The van der Waals surface area contributed by atoms with Gasteiger partial charge in [0.05, 0.1) is 13.2 Å². The van der Waals surface area contributed by atoms with Crippen LogP contribution in [0, 0.1) is 5.41 Å². The fourth-order valence-electron chi connectivity index (χ4n) is 1.74. The zero-order chi connectivity index (χ0) is 14.0. The van der Waals surface area contributed by atoms with Gasteiger partial charge in [-0.15, -0.1) is 0 Å². The van der Waals surface area contributed by atoms with Crippen LogP contribution >= 0.6 is 0 Å². The van der Waals surface area contributed by atoms with Gasteiger partial charge in [0.2, 0.25) is 0 Å². The van der Waals surface area contributed by atoms with E-state index in [0.29, 0.717) is 12.8 Å². The molecule has 0 bridgehead atoms. The lowest BCUT2D eigenvalue weighted by molar-refractivity contribution is -0.168. The molecule has 0 aromatic rings. The summed E-state index contributed by atoms with van der Waals surface area (Å²) in [7, 11) is 0. The van der Waals surface area contributed by atoms with Crippen LogP contribution in [0.4, 0.5) is 0 Å². The molecule has 0 aliphatic rings. The molecule has 0 heterocycles. The Morgan fingerprint density at radius 3 is 1.83 bits per heavy atom. The third-order valence-electron chi connectivity index (χ3n) is 2.56. The van der Waals surface area contributed by atoms with Crippen LogP contribution in [0.15, 0.2) is 12.2 Å². The lowest BCUT2D eigenvalue weighted by atomic mass is 9.82. The molecule has 0 unspecified atom stereocenters. The Labute approximate surface area is 109 Å². The maximum Gasteiger partial charge on any atom is 0.327 e. The highest BCUT2D eigenvalue weighted by molar-refractivity contribution is 6.02. The number of carbonyl (C=O) groups is 2. The predicted molar refractivity (Wildman–Crippen MR) is 70.0 cm³/mol. The molecule has 0 N–H and O–H groups in total. The molecule has 0 amide bonds. The van der Waals surface area contributed by atoms with E-state index < -0.39 is 17.4 Å². The first-order chi connectivity index (χ1) is 8.58. The summed E-state index contributed by atoms with van der Waals surface area (Å²) in [6.07, 6.45) is 5.30. The van der Waals surface area contributed by atoms with Crippen LogP contribution in [-0.4, -0.2) is 25.2 Å². The molecule has 0 spiro atoms. The van der Waals surface area contributed by atoms with Crippen LogP contribution in [0.1, 0.15) is 47.0 Å². The first-order valence-corrected chi connectivity index (χ1v) is 6.61. The summed E-state index contributed by atoms with van der Waals surface area (Å²) < 4.78 is 10.1. The predicted octanol–water partition coefficient (Wildman–Crippen LogP) is 2.87. The minimum absolute atomic E-state index is 0.254. The van der Waals surface area contributed by atoms with E-state index in [0.717, 1.165) is 6.42 Å². The third-order valence-corrected chi connectivity index (χ3v) is 2.56. The standard InChI is InChI=1S/C14H24O4/c1-5-9-11-14(10-6-2,12(15)17-7-3)13(16)18-8-4/h9,11H,5-8,10H2,1-4H3. The number of ether oxygens (including phenoxy) is 2. The quantitative estimate of drug-likeness (QED) is 0.380. The van der Waals surface area contributed by atoms with Gasteiger partial charge in [-0.25, -0.2) is 0 Å². The maximum absolute atomic E-state index is 12.1. The van der Waals surface area contributed by atoms with E-state index >= 15 is 0 Å². The highest BCUT2D eigenvalue weighted by Crippen LogP contribution is 2.30. The Kier molecular flexibility index (Phi) is 8.08. The average molecular weight is 256 g/mol. The number of hydrogen-bond donors (Lipinski definition) is 0. The van der Waals surface area contributed by atoms with Gasteiger partial charge in [-0.3, -0.25) is 9.59 Å². The Balaban J connectivity index is 5.32. The monoisotopic (exact) mass is 256 g/mol. The summed E-state index contributed by atoms with van der Waals surface area (Å²) in [5.74, 6) is -1.04. The molecule has 0 aromatic heterocycles. The van der Waals surface area contributed by atoms with Gasteiger partial charge < -0.3 is 9.47 Å². The van der Waals surface area contributed by atoms with Crippen LogP contribution < -0.4 is 0 Å². The Bertz CT molecular complexity index is 276. The maximum atomic E-state index is 12.1. The van der Waals surface area contributed by atoms with E-state index in [1.165, 1.54) is 0 Å². The molecule has 0 radical (unpaired) electrons. The normalized spacial score (nSPS) is 11.6. The molecule has 4 heteroatoms. The number of esters is 2. The van der Waals surface area contributed by atoms with Crippen molar-refractivity contribution in [1.29, 1.82) is 0 Å². The van der Waals surface area contributed by atoms with E-state index in [2.05, 4.69) is 0 Å². The first kappa shape index (κ1) is 16.7. The second kappa shape index (κ2) is 8.72. The molecule has 0 atom stereocenters. The van der Waals surface area contributed by atoms with Gasteiger partial charge in [-0.1, -0.05) is 32.4 Å². The van der Waals surface area contributed by atoms with Crippen LogP contribution in [-0.2, 0) is 19.1 Å². The molecule has 0 aliphatic heterocycles. The van der Waals surface area contributed by atoms with E-state index in [1.807, 2.05) is 19.9 Å². The highest BCUT2D eigenvalue weighted by Gasteiger charge is 2.45. The molecule has 0 fully saturated rings. The van der Waals surface area contributed by atoms with Crippen molar-refractivity contribution in [1.82, 2.24) is 0 Å². The molecule has 4 nitrogen and oxygen atoms in total.